The molecule has 0 rings (SSSR count). The highest BCUT2D eigenvalue weighted by atomic mass is 16.6. The van der Waals surface area contributed by atoms with Crippen molar-refractivity contribution < 1.29 is 28.6 Å². The first kappa shape index (κ1) is 50.4. The Hall–Kier alpha value is -1.59. The SMILES string of the molecule is CCCCCCCCCCCCCCCC(=O)O[C@@H](COC(=O)CCCCCCCCCCCCC)COC(=O)CCCCCCCCCC(C)C. The van der Waals surface area contributed by atoms with Crippen molar-refractivity contribution in [3.05, 3.63) is 0 Å². The zero-order chi connectivity index (χ0) is 38.2. The van der Waals surface area contributed by atoms with Gasteiger partial charge < -0.3 is 14.2 Å². The lowest BCUT2D eigenvalue weighted by Crippen LogP contribution is -2.30. The Morgan fingerprint density at radius 3 is 0.942 bits per heavy atom. The molecule has 0 aliphatic heterocycles. The van der Waals surface area contributed by atoms with E-state index in [0.717, 1.165) is 63.7 Å². The van der Waals surface area contributed by atoms with Crippen LogP contribution in [0.1, 0.15) is 252 Å². The van der Waals surface area contributed by atoms with Gasteiger partial charge in [0, 0.05) is 19.3 Å². The average molecular weight is 737 g/mol. The van der Waals surface area contributed by atoms with Gasteiger partial charge in [0.2, 0.25) is 0 Å². The minimum Gasteiger partial charge on any atom is -0.462 e. The van der Waals surface area contributed by atoms with Crippen LogP contribution >= 0.6 is 0 Å². The van der Waals surface area contributed by atoms with Crippen LogP contribution in [-0.2, 0) is 28.6 Å². The van der Waals surface area contributed by atoms with E-state index < -0.39 is 6.10 Å². The van der Waals surface area contributed by atoms with E-state index in [1.807, 2.05) is 0 Å². The molecule has 0 fully saturated rings. The summed E-state index contributed by atoms with van der Waals surface area (Å²) in [5.41, 5.74) is 0. The predicted octanol–water partition coefficient (Wildman–Crippen LogP) is 14.3. The zero-order valence-electron chi connectivity index (χ0n) is 35.3. The van der Waals surface area contributed by atoms with Crippen molar-refractivity contribution in [2.45, 2.75) is 259 Å². The lowest BCUT2D eigenvalue weighted by Gasteiger charge is -2.18. The molecule has 0 bridgehead atoms. The normalized spacial score (nSPS) is 11.9. The molecule has 0 radical (unpaired) electrons. The van der Waals surface area contributed by atoms with Crippen molar-refractivity contribution in [2.75, 3.05) is 13.2 Å². The average Bonchev–Trinajstić information content (AvgIpc) is 3.12. The summed E-state index contributed by atoms with van der Waals surface area (Å²) in [6, 6.07) is 0. The molecule has 0 aromatic carbocycles. The number of hydrogen-bond acceptors (Lipinski definition) is 6. The van der Waals surface area contributed by atoms with Gasteiger partial charge in [-0.05, 0) is 25.2 Å². The van der Waals surface area contributed by atoms with Gasteiger partial charge in [0.15, 0.2) is 6.10 Å². The smallest absolute Gasteiger partial charge is 0.306 e. The third kappa shape index (κ3) is 39.6. The molecule has 0 saturated heterocycles. The lowest BCUT2D eigenvalue weighted by atomic mass is 10.0. The van der Waals surface area contributed by atoms with Crippen LogP contribution in [0.5, 0.6) is 0 Å². The van der Waals surface area contributed by atoms with Crippen molar-refractivity contribution in [3.63, 3.8) is 0 Å². The monoisotopic (exact) mass is 737 g/mol. The molecule has 0 spiro atoms. The van der Waals surface area contributed by atoms with Crippen molar-refractivity contribution in [1.29, 1.82) is 0 Å². The minimum absolute atomic E-state index is 0.0642. The molecule has 0 aromatic rings. The van der Waals surface area contributed by atoms with Gasteiger partial charge in [-0.2, -0.15) is 0 Å². The molecule has 0 aromatic heterocycles. The second-order valence-electron chi connectivity index (χ2n) is 16.2. The fourth-order valence-electron chi connectivity index (χ4n) is 6.80. The molecule has 0 N–H and O–H groups in total. The van der Waals surface area contributed by atoms with Gasteiger partial charge in [0.05, 0.1) is 0 Å². The van der Waals surface area contributed by atoms with Gasteiger partial charge >= 0.3 is 17.9 Å². The van der Waals surface area contributed by atoms with Crippen LogP contribution in [0.15, 0.2) is 0 Å². The van der Waals surface area contributed by atoms with Crippen LogP contribution in [0, 0.1) is 5.92 Å². The van der Waals surface area contributed by atoms with Crippen LogP contribution in [0.25, 0.3) is 0 Å². The maximum atomic E-state index is 12.7. The molecular weight excluding hydrogens is 648 g/mol. The number of hydrogen-bond donors (Lipinski definition) is 0. The number of esters is 3. The van der Waals surface area contributed by atoms with Gasteiger partial charge in [0.1, 0.15) is 13.2 Å². The maximum Gasteiger partial charge on any atom is 0.306 e. The van der Waals surface area contributed by atoms with E-state index in [9.17, 15) is 14.4 Å². The second kappa shape index (κ2) is 40.6. The van der Waals surface area contributed by atoms with Crippen LogP contribution < -0.4 is 0 Å². The maximum absolute atomic E-state index is 12.7. The highest BCUT2D eigenvalue weighted by Crippen LogP contribution is 2.16. The van der Waals surface area contributed by atoms with Gasteiger partial charge in [-0.1, -0.05) is 214 Å². The van der Waals surface area contributed by atoms with Gasteiger partial charge in [-0.25, -0.2) is 0 Å². The second-order valence-corrected chi connectivity index (χ2v) is 16.2. The largest absolute Gasteiger partial charge is 0.462 e. The summed E-state index contributed by atoms with van der Waals surface area (Å²) in [5, 5.41) is 0. The molecule has 1 atom stereocenters. The van der Waals surface area contributed by atoms with E-state index in [1.165, 1.54) is 148 Å². The topological polar surface area (TPSA) is 78.9 Å². The van der Waals surface area contributed by atoms with Crippen LogP contribution in [0.2, 0.25) is 0 Å². The van der Waals surface area contributed by atoms with Crippen LogP contribution in [0.4, 0.5) is 0 Å². The summed E-state index contributed by atoms with van der Waals surface area (Å²) in [6.45, 7) is 8.94. The molecule has 308 valence electrons. The summed E-state index contributed by atoms with van der Waals surface area (Å²) >= 11 is 0. The molecule has 0 aliphatic carbocycles. The molecule has 6 nitrogen and oxygen atoms in total. The van der Waals surface area contributed by atoms with E-state index >= 15 is 0 Å². The van der Waals surface area contributed by atoms with E-state index in [1.54, 1.807) is 0 Å². The van der Waals surface area contributed by atoms with Crippen molar-refractivity contribution in [1.82, 2.24) is 0 Å². The summed E-state index contributed by atoms with van der Waals surface area (Å²) in [5.74, 6) is -0.0749. The number of carbonyl (C=O) groups excluding carboxylic acids is 3. The molecular formula is C46H88O6. The molecule has 6 heteroatoms. The minimum atomic E-state index is -0.759. The first-order valence-electron chi connectivity index (χ1n) is 22.9. The third-order valence-corrected chi connectivity index (χ3v) is 10.3. The molecule has 0 heterocycles. The zero-order valence-corrected chi connectivity index (χ0v) is 35.3. The summed E-state index contributed by atoms with van der Waals surface area (Å²) in [7, 11) is 0. The first-order valence-corrected chi connectivity index (χ1v) is 22.9. The summed E-state index contributed by atoms with van der Waals surface area (Å²) < 4.78 is 16.7. The van der Waals surface area contributed by atoms with Gasteiger partial charge in [-0.15, -0.1) is 0 Å². The molecule has 0 saturated carbocycles. The van der Waals surface area contributed by atoms with E-state index in [-0.39, 0.29) is 31.1 Å². The fourth-order valence-corrected chi connectivity index (χ4v) is 6.80. The summed E-state index contributed by atoms with van der Waals surface area (Å²) in [4.78, 5) is 37.7. The number of ether oxygens (including phenoxy) is 3. The highest BCUT2D eigenvalue weighted by Gasteiger charge is 2.19. The number of unbranched alkanes of at least 4 members (excludes halogenated alkanes) is 28. The van der Waals surface area contributed by atoms with Crippen molar-refractivity contribution in [2.24, 2.45) is 5.92 Å². The Labute approximate surface area is 323 Å². The molecule has 0 amide bonds. The van der Waals surface area contributed by atoms with E-state index in [4.69, 9.17) is 14.2 Å². The standard InChI is InChI=1S/C46H88O6/c1-5-7-9-11-13-15-17-18-20-22-26-31-35-39-46(49)52-43(41-51-45(48)38-34-30-27-23-24-28-32-36-42(3)4)40-50-44(47)37-33-29-25-21-19-16-14-12-10-8-6-2/h42-43H,5-41H2,1-4H3/t43-/m0/s1. The van der Waals surface area contributed by atoms with Crippen molar-refractivity contribution in [3.8, 4) is 0 Å². The highest BCUT2D eigenvalue weighted by molar-refractivity contribution is 5.71. The van der Waals surface area contributed by atoms with E-state index in [2.05, 4.69) is 27.7 Å². The van der Waals surface area contributed by atoms with E-state index in [0.29, 0.717) is 19.3 Å². The van der Waals surface area contributed by atoms with Crippen molar-refractivity contribution >= 4 is 17.9 Å². The Bertz CT molecular complexity index is 781. The lowest BCUT2D eigenvalue weighted by molar-refractivity contribution is -0.167. The van der Waals surface area contributed by atoms with Gasteiger partial charge in [-0.3, -0.25) is 14.4 Å². The van der Waals surface area contributed by atoms with Crippen LogP contribution in [0.3, 0.4) is 0 Å². The third-order valence-electron chi connectivity index (χ3n) is 10.3. The Kier molecular flexibility index (Phi) is 39.4. The predicted molar refractivity (Wildman–Crippen MR) is 220 cm³/mol. The molecule has 0 aliphatic rings. The Morgan fingerprint density at radius 1 is 0.365 bits per heavy atom. The Balaban J connectivity index is 4.33. The first-order chi connectivity index (χ1) is 25.4. The summed E-state index contributed by atoms with van der Waals surface area (Å²) in [6.07, 6.45) is 39.4. The Morgan fingerprint density at radius 2 is 0.635 bits per heavy atom. The van der Waals surface area contributed by atoms with Gasteiger partial charge in [0.25, 0.3) is 0 Å². The number of rotatable bonds is 41. The number of carbonyl (C=O) groups is 3. The quantitative estimate of drug-likeness (QED) is 0.0353. The van der Waals surface area contributed by atoms with Crippen LogP contribution in [-0.4, -0.2) is 37.2 Å². The molecule has 52 heavy (non-hydrogen) atoms. The fraction of sp³-hybridized carbons (Fsp3) is 0.935. The molecule has 0 unspecified atom stereocenters.